The van der Waals surface area contributed by atoms with Crippen LogP contribution in [0.4, 0.5) is 0 Å². The van der Waals surface area contributed by atoms with E-state index in [2.05, 4.69) is 22.4 Å². The lowest BCUT2D eigenvalue weighted by Crippen LogP contribution is -2.23. The molecule has 1 aromatic heterocycles. The molecule has 0 spiro atoms. The molecule has 6 heteroatoms. The van der Waals surface area contributed by atoms with Gasteiger partial charge >= 0.3 is 0 Å². The van der Waals surface area contributed by atoms with Gasteiger partial charge in [0.1, 0.15) is 17.2 Å². The fraction of sp³-hybridized carbons (Fsp3) is 0.273. The molecule has 3 rings (SSSR count). The molecule has 0 saturated carbocycles. The molecule has 28 heavy (non-hydrogen) atoms. The number of hydrogen-bond acceptors (Lipinski definition) is 4. The predicted octanol–water partition coefficient (Wildman–Crippen LogP) is 4.19. The van der Waals surface area contributed by atoms with E-state index in [0.717, 1.165) is 35.5 Å². The summed E-state index contributed by atoms with van der Waals surface area (Å²) in [5.74, 6) is 1.31. The minimum Gasteiger partial charge on any atom is -0.497 e. The van der Waals surface area contributed by atoms with Gasteiger partial charge in [-0.2, -0.15) is 5.10 Å². The fourth-order valence-electron chi connectivity index (χ4n) is 2.77. The number of unbranched alkanes of at least 4 members (excludes halogenated alkanes) is 1. The van der Waals surface area contributed by atoms with Crippen LogP contribution in [0.3, 0.4) is 0 Å². The van der Waals surface area contributed by atoms with Crippen LogP contribution in [0.15, 0.2) is 54.6 Å². The molecule has 0 atom stereocenters. The van der Waals surface area contributed by atoms with Crippen LogP contribution in [-0.4, -0.2) is 29.8 Å². The molecule has 1 amide bonds. The third-order valence-electron chi connectivity index (χ3n) is 4.33. The molecule has 0 radical (unpaired) electrons. The third kappa shape index (κ3) is 4.91. The smallest absolute Gasteiger partial charge is 0.269 e. The number of H-pyrrole nitrogens is 1. The molecule has 0 aliphatic heterocycles. The highest BCUT2D eigenvalue weighted by molar-refractivity contribution is 5.93. The molecule has 0 bridgehead atoms. The molecule has 146 valence electrons. The molecule has 0 fully saturated rings. The van der Waals surface area contributed by atoms with E-state index in [-0.39, 0.29) is 5.91 Å². The molecule has 3 aromatic rings. The van der Waals surface area contributed by atoms with Gasteiger partial charge in [0.05, 0.1) is 19.4 Å². The minimum absolute atomic E-state index is 0.217. The number of ether oxygens (including phenoxy) is 2. The summed E-state index contributed by atoms with van der Waals surface area (Å²) >= 11 is 0. The van der Waals surface area contributed by atoms with E-state index in [9.17, 15) is 4.79 Å². The molecule has 0 aliphatic carbocycles. The number of hydrogen-bond donors (Lipinski definition) is 2. The number of nitrogens with one attached hydrogen (secondary N) is 2. The van der Waals surface area contributed by atoms with E-state index in [4.69, 9.17) is 9.47 Å². The number of amides is 1. The van der Waals surface area contributed by atoms with Gasteiger partial charge in [0.2, 0.25) is 0 Å². The van der Waals surface area contributed by atoms with Crippen LogP contribution in [0.2, 0.25) is 0 Å². The van der Waals surface area contributed by atoms with Gasteiger partial charge in [0.25, 0.3) is 5.91 Å². The minimum atomic E-state index is -0.217. The first kappa shape index (κ1) is 19.5. The first-order chi connectivity index (χ1) is 13.7. The normalized spacial score (nSPS) is 10.5. The van der Waals surface area contributed by atoms with Crippen molar-refractivity contribution < 1.29 is 14.3 Å². The van der Waals surface area contributed by atoms with Crippen molar-refractivity contribution in [2.45, 2.75) is 26.3 Å². The molecule has 0 aliphatic rings. The van der Waals surface area contributed by atoms with E-state index >= 15 is 0 Å². The van der Waals surface area contributed by atoms with E-state index in [1.165, 1.54) is 0 Å². The lowest BCUT2D eigenvalue weighted by molar-refractivity contribution is 0.0946. The van der Waals surface area contributed by atoms with Gasteiger partial charge in [-0.3, -0.25) is 9.89 Å². The van der Waals surface area contributed by atoms with Crippen molar-refractivity contribution in [2.75, 3.05) is 13.7 Å². The van der Waals surface area contributed by atoms with Crippen molar-refractivity contribution in [3.8, 4) is 22.8 Å². The summed E-state index contributed by atoms with van der Waals surface area (Å²) in [6.07, 6.45) is 2.06. The fourth-order valence-corrected chi connectivity index (χ4v) is 2.77. The number of carbonyl (C=O) groups is 1. The number of aromatic amines is 1. The van der Waals surface area contributed by atoms with Gasteiger partial charge in [0.15, 0.2) is 0 Å². The summed E-state index contributed by atoms with van der Waals surface area (Å²) < 4.78 is 11.1. The lowest BCUT2D eigenvalue weighted by Gasteiger charge is -2.09. The van der Waals surface area contributed by atoms with Crippen LogP contribution in [0.5, 0.6) is 11.5 Å². The number of carbonyl (C=O) groups excluding carboxylic acids is 1. The molecule has 2 N–H and O–H groups in total. The maximum absolute atomic E-state index is 12.5. The number of aromatic nitrogens is 2. The van der Waals surface area contributed by atoms with Crippen molar-refractivity contribution in [1.29, 1.82) is 0 Å². The van der Waals surface area contributed by atoms with Crippen molar-refractivity contribution in [3.63, 3.8) is 0 Å². The molecular formula is C22H25N3O3. The average molecular weight is 379 g/mol. The summed E-state index contributed by atoms with van der Waals surface area (Å²) in [6, 6.07) is 17.0. The average Bonchev–Trinajstić information content (AvgIpc) is 3.23. The van der Waals surface area contributed by atoms with Crippen LogP contribution in [0.1, 0.15) is 35.8 Å². The van der Waals surface area contributed by atoms with Crippen molar-refractivity contribution >= 4 is 5.91 Å². The highest BCUT2D eigenvalue weighted by atomic mass is 16.5. The SMILES string of the molecule is CCCCOc1ccccc1-c1cc(C(=O)NCc2cccc(OC)c2)[nH]n1. The van der Waals surface area contributed by atoms with Gasteiger partial charge in [-0.15, -0.1) is 0 Å². The molecule has 0 saturated heterocycles. The summed E-state index contributed by atoms with van der Waals surface area (Å²) in [4.78, 5) is 12.5. The van der Waals surface area contributed by atoms with Gasteiger partial charge in [-0.1, -0.05) is 37.6 Å². The van der Waals surface area contributed by atoms with Gasteiger partial charge in [0, 0.05) is 12.1 Å². The second-order valence-corrected chi connectivity index (χ2v) is 6.40. The quantitative estimate of drug-likeness (QED) is 0.547. The third-order valence-corrected chi connectivity index (χ3v) is 4.33. The largest absolute Gasteiger partial charge is 0.497 e. The predicted molar refractivity (Wildman–Crippen MR) is 109 cm³/mol. The van der Waals surface area contributed by atoms with E-state index in [1.807, 2.05) is 48.5 Å². The topological polar surface area (TPSA) is 76.2 Å². The Labute approximate surface area is 164 Å². The van der Waals surface area contributed by atoms with Gasteiger partial charge < -0.3 is 14.8 Å². The summed E-state index contributed by atoms with van der Waals surface area (Å²) in [5, 5.41) is 10.00. The second-order valence-electron chi connectivity index (χ2n) is 6.40. The molecular weight excluding hydrogens is 354 g/mol. The van der Waals surface area contributed by atoms with Crippen LogP contribution < -0.4 is 14.8 Å². The van der Waals surface area contributed by atoms with Crippen molar-refractivity contribution in [2.24, 2.45) is 0 Å². The van der Waals surface area contributed by atoms with Crippen LogP contribution in [-0.2, 0) is 6.54 Å². The number of nitrogens with zero attached hydrogens (tertiary/aromatic N) is 1. The molecule has 2 aromatic carbocycles. The maximum Gasteiger partial charge on any atom is 0.269 e. The molecule has 1 heterocycles. The Morgan fingerprint density at radius 2 is 2.00 bits per heavy atom. The Hall–Kier alpha value is -3.28. The van der Waals surface area contributed by atoms with Crippen molar-refractivity contribution in [1.82, 2.24) is 15.5 Å². The van der Waals surface area contributed by atoms with Gasteiger partial charge in [-0.05, 0) is 42.3 Å². The Bertz CT molecular complexity index is 921. The lowest BCUT2D eigenvalue weighted by atomic mass is 10.1. The van der Waals surface area contributed by atoms with Crippen LogP contribution in [0, 0.1) is 0 Å². The highest BCUT2D eigenvalue weighted by Gasteiger charge is 2.14. The molecule has 6 nitrogen and oxygen atoms in total. The highest BCUT2D eigenvalue weighted by Crippen LogP contribution is 2.29. The summed E-state index contributed by atoms with van der Waals surface area (Å²) in [7, 11) is 1.62. The first-order valence-electron chi connectivity index (χ1n) is 9.40. The van der Waals surface area contributed by atoms with Gasteiger partial charge in [-0.25, -0.2) is 0 Å². The van der Waals surface area contributed by atoms with E-state index < -0.39 is 0 Å². The summed E-state index contributed by atoms with van der Waals surface area (Å²) in [6.45, 7) is 3.19. The Balaban J connectivity index is 1.67. The number of methoxy groups -OCH3 is 1. The number of rotatable bonds is 9. The Morgan fingerprint density at radius 3 is 2.82 bits per heavy atom. The maximum atomic E-state index is 12.5. The zero-order valence-electron chi connectivity index (χ0n) is 16.2. The standard InChI is InChI=1S/C22H25N3O3/c1-3-4-12-28-21-11-6-5-10-18(21)19-14-20(25-24-19)22(26)23-15-16-8-7-9-17(13-16)27-2/h5-11,13-14H,3-4,12,15H2,1-2H3,(H,23,26)(H,24,25). The second kappa shape index (κ2) is 9.60. The zero-order chi connectivity index (χ0) is 19.8. The Kier molecular flexibility index (Phi) is 6.68. The number of para-hydroxylation sites is 1. The van der Waals surface area contributed by atoms with Crippen molar-refractivity contribution in [3.05, 3.63) is 65.9 Å². The first-order valence-corrected chi connectivity index (χ1v) is 9.40. The molecule has 0 unspecified atom stereocenters. The van der Waals surface area contributed by atoms with Crippen LogP contribution >= 0.6 is 0 Å². The van der Waals surface area contributed by atoms with E-state index in [0.29, 0.717) is 24.5 Å². The van der Waals surface area contributed by atoms with E-state index in [1.54, 1.807) is 13.2 Å². The summed E-state index contributed by atoms with van der Waals surface area (Å²) in [5.41, 5.74) is 2.91. The zero-order valence-corrected chi connectivity index (χ0v) is 16.2. The Morgan fingerprint density at radius 1 is 1.14 bits per heavy atom. The number of benzene rings is 2. The van der Waals surface area contributed by atoms with Crippen LogP contribution in [0.25, 0.3) is 11.3 Å². The monoisotopic (exact) mass is 379 g/mol.